The van der Waals surface area contributed by atoms with Gasteiger partial charge in [0.1, 0.15) is 5.82 Å². The second kappa shape index (κ2) is 5.43. The maximum atomic E-state index is 12.6. The molecule has 1 aromatic rings. The van der Waals surface area contributed by atoms with Gasteiger partial charge >= 0.3 is 0 Å². The van der Waals surface area contributed by atoms with Crippen LogP contribution in [0.15, 0.2) is 24.5 Å². The van der Waals surface area contributed by atoms with Gasteiger partial charge in [-0.05, 0) is 31.6 Å². The zero-order valence-corrected chi connectivity index (χ0v) is 7.63. The Morgan fingerprint density at radius 2 is 2.38 bits per heavy atom. The van der Waals surface area contributed by atoms with Crippen molar-refractivity contribution in [3.05, 3.63) is 35.9 Å². The van der Waals surface area contributed by atoms with Crippen LogP contribution in [0.5, 0.6) is 0 Å². The van der Waals surface area contributed by atoms with E-state index < -0.39 is 0 Å². The number of nitrogens with zero attached hydrogens (tertiary/aromatic N) is 1. The Balaban J connectivity index is 2.48. The second-order valence-electron chi connectivity index (χ2n) is 2.73. The summed E-state index contributed by atoms with van der Waals surface area (Å²) >= 11 is 0. The van der Waals surface area contributed by atoms with Crippen molar-refractivity contribution in [3.8, 4) is 0 Å². The maximum absolute atomic E-state index is 12.6. The molecule has 0 saturated carbocycles. The fraction of sp³-hybridized carbons (Fsp3) is 0.300. The lowest BCUT2D eigenvalue weighted by Crippen LogP contribution is -2.05. The van der Waals surface area contributed by atoms with Crippen LogP contribution >= 0.6 is 0 Å². The van der Waals surface area contributed by atoms with E-state index in [2.05, 4.69) is 10.3 Å². The van der Waals surface area contributed by atoms with Crippen LogP contribution in [-0.2, 0) is 0 Å². The van der Waals surface area contributed by atoms with E-state index in [1.807, 2.05) is 19.2 Å². The van der Waals surface area contributed by atoms with Crippen LogP contribution in [0.3, 0.4) is 0 Å². The molecular formula is C10H13FN2. The highest BCUT2D eigenvalue weighted by Crippen LogP contribution is 2.03. The third-order valence-corrected chi connectivity index (χ3v) is 1.60. The van der Waals surface area contributed by atoms with E-state index in [0.29, 0.717) is 0 Å². The lowest BCUT2D eigenvalue weighted by molar-refractivity contribution is 0.621. The van der Waals surface area contributed by atoms with Gasteiger partial charge in [0.2, 0.25) is 0 Å². The molecule has 3 heteroatoms. The van der Waals surface area contributed by atoms with Gasteiger partial charge in [-0.15, -0.1) is 0 Å². The predicted octanol–water partition coefficient (Wildman–Crippen LogP) is 1.84. The highest BCUT2D eigenvalue weighted by Gasteiger charge is 1.90. The molecule has 0 aliphatic rings. The maximum Gasteiger partial charge on any atom is 0.142 e. The Hall–Kier alpha value is -1.22. The minimum Gasteiger partial charge on any atom is -0.319 e. The first-order chi connectivity index (χ1) is 6.33. The van der Waals surface area contributed by atoms with Gasteiger partial charge in [0.25, 0.3) is 0 Å². The molecule has 0 aliphatic heterocycles. The molecule has 1 N–H and O–H groups in total. The fourth-order valence-corrected chi connectivity index (χ4v) is 0.967. The molecule has 0 bridgehead atoms. The lowest BCUT2D eigenvalue weighted by Gasteiger charge is -1.93. The summed E-state index contributed by atoms with van der Waals surface area (Å²) in [4.78, 5) is 3.74. The van der Waals surface area contributed by atoms with E-state index >= 15 is 0 Å². The third-order valence-electron chi connectivity index (χ3n) is 1.60. The normalized spacial score (nSPS) is 10.9. The van der Waals surface area contributed by atoms with Gasteiger partial charge in [-0.25, -0.2) is 4.39 Å². The molecule has 0 aliphatic carbocycles. The van der Waals surface area contributed by atoms with Crippen molar-refractivity contribution in [2.45, 2.75) is 6.42 Å². The summed E-state index contributed by atoms with van der Waals surface area (Å²) in [6.45, 7) is 0.930. The molecule has 0 fully saturated rings. The molecule has 1 aromatic heterocycles. The highest BCUT2D eigenvalue weighted by molar-refractivity contribution is 5.47. The van der Waals surface area contributed by atoms with E-state index in [-0.39, 0.29) is 5.82 Å². The molecule has 0 aromatic carbocycles. The summed E-state index contributed by atoms with van der Waals surface area (Å²) in [5.74, 6) is -0.296. The van der Waals surface area contributed by atoms with Gasteiger partial charge in [-0.1, -0.05) is 12.2 Å². The number of nitrogens with one attached hydrogen (secondary N) is 1. The van der Waals surface area contributed by atoms with Crippen molar-refractivity contribution in [1.82, 2.24) is 10.3 Å². The van der Waals surface area contributed by atoms with E-state index in [9.17, 15) is 4.39 Å². The molecule has 70 valence electrons. The summed E-state index contributed by atoms with van der Waals surface area (Å²) in [7, 11) is 1.90. The Labute approximate surface area is 77.5 Å². The first-order valence-electron chi connectivity index (χ1n) is 4.24. The molecule has 0 unspecified atom stereocenters. The summed E-state index contributed by atoms with van der Waals surface area (Å²) in [5.41, 5.74) is 0.802. The van der Waals surface area contributed by atoms with Gasteiger partial charge in [0, 0.05) is 6.20 Å². The van der Waals surface area contributed by atoms with Gasteiger partial charge in [-0.3, -0.25) is 4.98 Å². The molecule has 0 saturated heterocycles. The van der Waals surface area contributed by atoms with Crippen LogP contribution in [0.2, 0.25) is 0 Å². The Morgan fingerprint density at radius 3 is 3.08 bits per heavy atom. The van der Waals surface area contributed by atoms with Crippen molar-refractivity contribution in [2.75, 3.05) is 13.6 Å². The quantitative estimate of drug-likeness (QED) is 0.715. The van der Waals surface area contributed by atoms with E-state index in [1.54, 1.807) is 6.20 Å². The Kier molecular flexibility index (Phi) is 4.12. The monoisotopic (exact) mass is 180 g/mol. The minimum atomic E-state index is -0.296. The molecule has 2 nitrogen and oxygen atoms in total. The number of rotatable bonds is 4. The summed E-state index contributed by atoms with van der Waals surface area (Å²) in [6, 6.07) is 1.46. The zero-order valence-electron chi connectivity index (χ0n) is 7.63. The summed E-state index contributed by atoms with van der Waals surface area (Å²) < 4.78 is 12.6. The van der Waals surface area contributed by atoms with Gasteiger partial charge in [0.15, 0.2) is 0 Å². The first kappa shape index (κ1) is 9.86. The van der Waals surface area contributed by atoms with Crippen LogP contribution < -0.4 is 5.32 Å². The predicted molar refractivity (Wildman–Crippen MR) is 51.8 cm³/mol. The average molecular weight is 180 g/mol. The van der Waals surface area contributed by atoms with Crippen LogP contribution in [0.4, 0.5) is 4.39 Å². The van der Waals surface area contributed by atoms with Crippen molar-refractivity contribution < 1.29 is 4.39 Å². The highest BCUT2D eigenvalue weighted by atomic mass is 19.1. The lowest BCUT2D eigenvalue weighted by atomic mass is 10.2. The molecule has 0 amide bonds. The standard InChI is InChI=1S/C10H13FN2/c1-12-5-3-2-4-9-6-10(11)8-13-7-9/h2,4,6-8,12H,3,5H2,1H3. The summed E-state index contributed by atoms with van der Waals surface area (Å²) in [5, 5.41) is 3.02. The molecule has 1 heterocycles. The van der Waals surface area contributed by atoms with Crippen molar-refractivity contribution >= 4 is 6.08 Å². The molecule has 0 radical (unpaired) electrons. The number of hydrogen-bond acceptors (Lipinski definition) is 2. The topological polar surface area (TPSA) is 24.9 Å². The van der Waals surface area contributed by atoms with Crippen molar-refractivity contribution in [3.63, 3.8) is 0 Å². The van der Waals surface area contributed by atoms with E-state index in [4.69, 9.17) is 0 Å². The molecule has 13 heavy (non-hydrogen) atoms. The van der Waals surface area contributed by atoms with Crippen LogP contribution in [0.1, 0.15) is 12.0 Å². The number of pyridine rings is 1. The van der Waals surface area contributed by atoms with Crippen molar-refractivity contribution in [2.24, 2.45) is 0 Å². The smallest absolute Gasteiger partial charge is 0.142 e. The van der Waals surface area contributed by atoms with Crippen molar-refractivity contribution in [1.29, 1.82) is 0 Å². The Morgan fingerprint density at radius 1 is 1.54 bits per heavy atom. The van der Waals surface area contributed by atoms with E-state index in [0.717, 1.165) is 18.5 Å². The van der Waals surface area contributed by atoms with Gasteiger partial charge in [-0.2, -0.15) is 0 Å². The molecule has 0 spiro atoms. The molecular weight excluding hydrogens is 167 g/mol. The molecule has 0 atom stereocenters. The number of aromatic nitrogens is 1. The molecule has 1 rings (SSSR count). The first-order valence-corrected chi connectivity index (χ1v) is 4.24. The zero-order chi connectivity index (χ0) is 9.52. The van der Waals surface area contributed by atoms with E-state index in [1.165, 1.54) is 12.3 Å². The van der Waals surface area contributed by atoms with Gasteiger partial charge < -0.3 is 5.32 Å². The number of hydrogen-bond donors (Lipinski definition) is 1. The largest absolute Gasteiger partial charge is 0.319 e. The van der Waals surface area contributed by atoms with Crippen LogP contribution in [-0.4, -0.2) is 18.6 Å². The van der Waals surface area contributed by atoms with Crippen LogP contribution in [0.25, 0.3) is 6.08 Å². The minimum absolute atomic E-state index is 0.296. The SMILES string of the molecule is CNCCC=Cc1cncc(F)c1. The Bertz CT molecular complexity index is 284. The van der Waals surface area contributed by atoms with Crippen LogP contribution in [0, 0.1) is 5.82 Å². The second-order valence-corrected chi connectivity index (χ2v) is 2.73. The number of halogens is 1. The third kappa shape index (κ3) is 3.80. The fourth-order valence-electron chi connectivity index (χ4n) is 0.967. The van der Waals surface area contributed by atoms with Gasteiger partial charge in [0.05, 0.1) is 6.20 Å². The summed E-state index contributed by atoms with van der Waals surface area (Å²) in [6.07, 6.45) is 7.64. The average Bonchev–Trinajstić information content (AvgIpc) is 2.13.